The van der Waals surface area contributed by atoms with Crippen molar-refractivity contribution in [1.29, 1.82) is 0 Å². The summed E-state index contributed by atoms with van der Waals surface area (Å²) >= 11 is 0. The molecular formula is C29H50N2O6. The molecule has 8 heteroatoms. The average molecular weight is 523 g/mol. The lowest BCUT2D eigenvalue weighted by Gasteiger charge is -2.45. The topological polar surface area (TPSA) is 114 Å². The Bertz CT molecular complexity index is 806. The highest BCUT2D eigenvalue weighted by atomic mass is 16.7. The second kappa shape index (κ2) is 12.5. The molecule has 212 valence electrons. The highest BCUT2D eigenvalue weighted by Gasteiger charge is 2.47. The third-order valence-corrected chi connectivity index (χ3v) is 8.91. The second-order valence-corrected chi connectivity index (χ2v) is 12.8. The van der Waals surface area contributed by atoms with Crippen molar-refractivity contribution in [3.63, 3.8) is 0 Å². The Labute approximate surface area is 223 Å². The fourth-order valence-electron chi connectivity index (χ4n) is 6.27. The Hall–Kier alpha value is -1.67. The molecule has 1 saturated heterocycles. The Kier molecular flexibility index (Phi) is 10.1. The number of nitrogens with one attached hydrogen (secondary N) is 2. The number of hydrogen-bond acceptors (Lipinski definition) is 5. The van der Waals surface area contributed by atoms with Gasteiger partial charge in [-0.15, -0.1) is 0 Å². The van der Waals surface area contributed by atoms with Gasteiger partial charge < -0.3 is 25.2 Å². The average Bonchev–Trinajstić information content (AvgIpc) is 2.80. The van der Waals surface area contributed by atoms with Gasteiger partial charge in [-0.1, -0.05) is 65.7 Å². The molecule has 0 bridgehead atoms. The molecule has 2 aliphatic carbocycles. The molecule has 2 amide bonds. The van der Waals surface area contributed by atoms with Gasteiger partial charge in [0.2, 0.25) is 11.8 Å². The van der Waals surface area contributed by atoms with Gasteiger partial charge in [-0.05, 0) is 51.9 Å². The van der Waals surface area contributed by atoms with Crippen LogP contribution in [0.1, 0.15) is 112 Å². The van der Waals surface area contributed by atoms with E-state index in [9.17, 15) is 19.5 Å². The van der Waals surface area contributed by atoms with Gasteiger partial charge in [0.15, 0.2) is 5.79 Å². The number of carbonyl (C=O) groups is 3. The quantitative estimate of drug-likeness (QED) is 0.317. The van der Waals surface area contributed by atoms with E-state index >= 15 is 0 Å². The van der Waals surface area contributed by atoms with E-state index in [1.807, 2.05) is 13.8 Å². The third-order valence-electron chi connectivity index (χ3n) is 8.91. The summed E-state index contributed by atoms with van der Waals surface area (Å²) in [5.41, 5.74) is -0.810. The zero-order chi connectivity index (χ0) is 27.3. The molecule has 3 aliphatic rings. The lowest BCUT2D eigenvalue weighted by molar-refractivity contribution is -0.304. The highest BCUT2D eigenvalue weighted by molar-refractivity contribution is 5.84. The van der Waals surface area contributed by atoms with Crippen molar-refractivity contribution < 1.29 is 29.0 Å². The maximum absolute atomic E-state index is 13.5. The van der Waals surface area contributed by atoms with E-state index in [1.165, 1.54) is 12.8 Å². The number of hydrogen-bond donors (Lipinski definition) is 3. The van der Waals surface area contributed by atoms with E-state index in [0.29, 0.717) is 6.61 Å². The van der Waals surface area contributed by atoms with Crippen LogP contribution in [0.15, 0.2) is 0 Å². The van der Waals surface area contributed by atoms with E-state index in [1.54, 1.807) is 13.8 Å². The van der Waals surface area contributed by atoms with Crippen molar-refractivity contribution >= 4 is 17.8 Å². The van der Waals surface area contributed by atoms with E-state index in [0.717, 1.165) is 64.2 Å². The van der Waals surface area contributed by atoms with Gasteiger partial charge in [-0.3, -0.25) is 14.4 Å². The summed E-state index contributed by atoms with van der Waals surface area (Å²) in [5.74, 6) is -3.00. The summed E-state index contributed by atoms with van der Waals surface area (Å²) in [5, 5.41) is 16.3. The lowest BCUT2D eigenvalue weighted by Crippen LogP contribution is -2.58. The third kappa shape index (κ3) is 7.47. The zero-order valence-corrected chi connectivity index (χ0v) is 23.7. The number of unbranched alkanes of at least 4 members (excludes halogenated alkanes) is 3. The zero-order valence-electron chi connectivity index (χ0n) is 23.7. The first-order valence-corrected chi connectivity index (χ1v) is 14.5. The summed E-state index contributed by atoms with van der Waals surface area (Å²) in [4.78, 5) is 39.0. The molecule has 1 heterocycles. The second-order valence-electron chi connectivity index (χ2n) is 12.8. The van der Waals surface area contributed by atoms with Crippen LogP contribution in [-0.2, 0) is 23.9 Å². The predicted molar refractivity (Wildman–Crippen MR) is 142 cm³/mol. The van der Waals surface area contributed by atoms with Gasteiger partial charge in [0.1, 0.15) is 6.10 Å². The SMILES string of the molecule is CCCCCCC1(C(=O)N[C@H]2CCCC[C@H]2C(CNC(=O)C2OC(C)(C)OCC2(C)C)C(=O)O)CCC1. The van der Waals surface area contributed by atoms with Crippen molar-refractivity contribution in [2.24, 2.45) is 22.7 Å². The number of ether oxygens (including phenoxy) is 2. The summed E-state index contributed by atoms with van der Waals surface area (Å²) in [6.07, 6.45) is 11.1. The lowest BCUT2D eigenvalue weighted by atomic mass is 9.64. The summed E-state index contributed by atoms with van der Waals surface area (Å²) in [6.45, 7) is 9.95. The fourth-order valence-corrected chi connectivity index (χ4v) is 6.27. The number of aliphatic carboxylic acids is 1. The van der Waals surface area contributed by atoms with E-state index in [-0.39, 0.29) is 35.7 Å². The van der Waals surface area contributed by atoms with E-state index < -0.39 is 29.2 Å². The molecule has 8 nitrogen and oxygen atoms in total. The molecule has 0 aromatic rings. The largest absolute Gasteiger partial charge is 0.481 e. The van der Waals surface area contributed by atoms with Crippen molar-refractivity contribution in [2.75, 3.05) is 13.2 Å². The van der Waals surface area contributed by atoms with E-state index in [4.69, 9.17) is 9.47 Å². The van der Waals surface area contributed by atoms with Gasteiger partial charge in [0.25, 0.3) is 0 Å². The van der Waals surface area contributed by atoms with Crippen LogP contribution in [0.5, 0.6) is 0 Å². The number of rotatable bonds is 12. The highest BCUT2D eigenvalue weighted by Crippen LogP contribution is 2.46. The normalized spacial score (nSPS) is 28.9. The molecule has 0 spiro atoms. The first kappa shape index (κ1) is 29.9. The molecule has 2 saturated carbocycles. The van der Waals surface area contributed by atoms with Gasteiger partial charge >= 0.3 is 5.97 Å². The first-order chi connectivity index (χ1) is 17.4. The molecular weight excluding hydrogens is 472 g/mol. The van der Waals surface area contributed by atoms with Crippen LogP contribution in [0.4, 0.5) is 0 Å². The summed E-state index contributed by atoms with van der Waals surface area (Å²) in [6, 6.07) is -0.179. The van der Waals surface area contributed by atoms with Crippen LogP contribution in [0, 0.1) is 22.7 Å². The Morgan fingerprint density at radius 1 is 1.00 bits per heavy atom. The minimum absolute atomic E-state index is 0.0184. The smallest absolute Gasteiger partial charge is 0.308 e. The number of carboxylic acid groups (broad SMARTS) is 1. The van der Waals surface area contributed by atoms with Gasteiger partial charge in [0.05, 0.1) is 12.5 Å². The van der Waals surface area contributed by atoms with Crippen LogP contribution in [0.2, 0.25) is 0 Å². The molecule has 4 atom stereocenters. The van der Waals surface area contributed by atoms with Crippen molar-refractivity contribution in [3.8, 4) is 0 Å². The van der Waals surface area contributed by atoms with Crippen molar-refractivity contribution in [2.45, 2.75) is 130 Å². The number of carboxylic acids is 1. The molecule has 3 rings (SSSR count). The fraction of sp³-hybridized carbons (Fsp3) is 0.897. The predicted octanol–water partition coefficient (Wildman–Crippen LogP) is 4.80. The minimum atomic E-state index is -0.933. The van der Waals surface area contributed by atoms with Crippen LogP contribution in [0.3, 0.4) is 0 Å². The molecule has 1 aliphatic heterocycles. The molecule has 3 fully saturated rings. The van der Waals surface area contributed by atoms with E-state index in [2.05, 4.69) is 17.6 Å². The summed E-state index contributed by atoms with van der Waals surface area (Å²) < 4.78 is 11.6. The van der Waals surface area contributed by atoms with Gasteiger partial charge in [0, 0.05) is 23.4 Å². The molecule has 0 radical (unpaired) electrons. The van der Waals surface area contributed by atoms with Crippen LogP contribution < -0.4 is 10.6 Å². The molecule has 0 aromatic heterocycles. The Balaban J connectivity index is 1.64. The van der Waals surface area contributed by atoms with Gasteiger partial charge in [-0.25, -0.2) is 0 Å². The standard InChI is InChI=1S/C29H50N2O6/c1-6-7-8-11-15-29(16-12-17-29)26(35)31-22-14-10-9-13-20(22)21(25(33)34)18-30-24(32)23-27(2,3)19-36-28(4,5)37-23/h20-23H,6-19H2,1-5H3,(H,30,32)(H,31,35)(H,33,34)/t20-,21?,22-,23?/m0/s1. The molecule has 37 heavy (non-hydrogen) atoms. The maximum atomic E-state index is 13.5. The van der Waals surface area contributed by atoms with Crippen molar-refractivity contribution in [1.82, 2.24) is 10.6 Å². The van der Waals surface area contributed by atoms with Crippen LogP contribution in [0.25, 0.3) is 0 Å². The van der Waals surface area contributed by atoms with Gasteiger partial charge in [-0.2, -0.15) is 0 Å². The number of carbonyl (C=O) groups excluding carboxylic acids is 2. The van der Waals surface area contributed by atoms with Crippen molar-refractivity contribution in [3.05, 3.63) is 0 Å². The Morgan fingerprint density at radius 2 is 1.70 bits per heavy atom. The van der Waals surface area contributed by atoms with Crippen LogP contribution in [-0.4, -0.2) is 54.0 Å². The monoisotopic (exact) mass is 522 g/mol. The molecule has 2 unspecified atom stereocenters. The molecule has 3 N–H and O–H groups in total. The van der Waals surface area contributed by atoms with Crippen LogP contribution >= 0.6 is 0 Å². The Morgan fingerprint density at radius 3 is 2.32 bits per heavy atom. The number of amides is 2. The molecule has 0 aromatic carbocycles. The first-order valence-electron chi connectivity index (χ1n) is 14.5. The maximum Gasteiger partial charge on any atom is 0.308 e. The summed E-state index contributed by atoms with van der Waals surface area (Å²) in [7, 11) is 0. The minimum Gasteiger partial charge on any atom is -0.481 e.